The number of anilines is 1. The molecule has 0 unspecified atom stereocenters. The molecular formula is C34H35ClN4O6S. The van der Waals surface area contributed by atoms with Crippen LogP contribution in [0.1, 0.15) is 31.4 Å². The van der Waals surface area contributed by atoms with Gasteiger partial charge in [0.05, 0.1) is 15.5 Å². The second-order valence-corrected chi connectivity index (χ2v) is 13.0. The summed E-state index contributed by atoms with van der Waals surface area (Å²) in [4.78, 5) is 40.6. The average molecular weight is 663 g/mol. The number of nitrogens with one attached hydrogen (secondary N) is 1. The minimum Gasteiger partial charge on any atom is -0.352 e. The standard InChI is InChI=1S/C34H35ClN4O6S/c1-3-25(2)36-34(41)32(21-26-13-6-4-7-14-26)37(23-27-15-10-11-20-31(27)35)33(40)24-38(28-16-12-17-29(22-28)39(42)43)46(44,45)30-18-8-5-9-19-30/h4-20,22,25,32H,3,21,23-24H2,1-2H3,(H,36,41)/t25-,32-/m0/s1. The van der Waals surface area contributed by atoms with Gasteiger partial charge in [0, 0.05) is 36.2 Å². The van der Waals surface area contributed by atoms with Crippen LogP contribution in [0.3, 0.4) is 0 Å². The molecule has 46 heavy (non-hydrogen) atoms. The molecule has 10 nitrogen and oxygen atoms in total. The molecule has 0 saturated carbocycles. The Kier molecular flexibility index (Phi) is 11.5. The van der Waals surface area contributed by atoms with E-state index in [4.69, 9.17) is 11.6 Å². The Hall–Kier alpha value is -4.74. The highest BCUT2D eigenvalue weighted by atomic mass is 35.5. The Labute approximate surface area is 273 Å². The number of rotatable bonds is 14. The van der Waals surface area contributed by atoms with Gasteiger partial charge in [0.2, 0.25) is 11.8 Å². The highest BCUT2D eigenvalue weighted by Gasteiger charge is 2.35. The summed E-state index contributed by atoms with van der Waals surface area (Å²) in [7, 11) is -4.40. The van der Waals surface area contributed by atoms with E-state index in [-0.39, 0.29) is 35.3 Å². The normalized spacial score (nSPS) is 12.5. The smallest absolute Gasteiger partial charge is 0.271 e. The van der Waals surface area contributed by atoms with Crippen LogP contribution in [-0.4, -0.2) is 48.7 Å². The first-order chi connectivity index (χ1) is 22.0. The van der Waals surface area contributed by atoms with Gasteiger partial charge in [0.15, 0.2) is 0 Å². The molecule has 0 spiro atoms. The fourth-order valence-corrected chi connectivity index (χ4v) is 6.44. The molecular weight excluding hydrogens is 628 g/mol. The lowest BCUT2D eigenvalue weighted by Crippen LogP contribution is -2.54. The SMILES string of the molecule is CC[C@H](C)NC(=O)[C@H](Cc1ccccc1)N(Cc1ccccc1Cl)C(=O)CN(c1cccc([N+](=O)[O-])c1)S(=O)(=O)c1ccccc1. The molecule has 4 rings (SSSR count). The maximum Gasteiger partial charge on any atom is 0.271 e. The number of hydrogen-bond donors (Lipinski definition) is 1. The Morgan fingerprint density at radius 1 is 0.913 bits per heavy atom. The summed E-state index contributed by atoms with van der Waals surface area (Å²) in [5.74, 6) is -1.11. The topological polar surface area (TPSA) is 130 Å². The Morgan fingerprint density at radius 2 is 1.54 bits per heavy atom. The number of non-ortho nitro benzene ring substituents is 1. The van der Waals surface area contributed by atoms with Crippen LogP contribution >= 0.6 is 11.6 Å². The second kappa shape index (κ2) is 15.5. The van der Waals surface area contributed by atoms with Crippen molar-refractivity contribution in [3.05, 3.63) is 135 Å². The van der Waals surface area contributed by atoms with Crippen molar-refractivity contribution in [3.63, 3.8) is 0 Å². The molecule has 2 amide bonds. The number of sulfonamides is 1. The first kappa shape index (κ1) is 34.1. The molecule has 2 atom stereocenters. The number of nitro benzene ring substituents is 1. The van der Waals surface area contributed by atoms with Gasteiger partial charge in [-0.05, 0) is 48.7 Å². The summed E-state index contributed by atoms with van der Waals surface area (Å²) in [6.07, 6.45) is 0.791. The van der Waals surface area contributed by atoms with E-state index in [0.29, 0.717) is 17.0 Å². The predicted molar refractivity (Wildman–Crippen MR) is 178 cm³/mol. The van der Waals surface area contributed by atoms with Crippen LogP contribution in [0.15, 0.2) is 114 Å². The van der Waals surface area contributed by atoms with Crippen LogP contribution in [0.4, 0.5) is 11.4 Å². The Balaban J connectivity index is 1.84. The molecule has 0 aliphatic carbocycles. The summed E-state index contributed by atoms with van der Waals surface area (Å²) in [5.41, 5.74) is 0.921. The van der Waals surface area contributed by atoms with Gasteiger partial charge < -0.3 is 10.2 Å². The fraction of sp³-hybridized carbons (Fsp3) is 0.235. The zero-order valence-electron chi connectivity index (χ0n) is 25.5. The lowest BCUT2D eigenvalue weighted by Gasteiger charge is -2.34. The van der Waals surface area contributed by atoms with E-state index < -0.39 is 39.3 Å². The third-order valence-electron chi connectivity index (χ3n) is 7.51. The molecule has 0 aliphatic rings. The first-order valence-corrected chi connectivity index (χ1v) is 16.5. The third kappa shape index (κ3) is 8.49. The number of hydrogen-bond acceptors (Lipinski definition) is 6. The Morgan fingerprint density at radius 3 is 2.17 bits per heavy atom. The molecule has 0 bridgehead atoms. The van der Waals surface area contributed by atoms with Gasteiger partial charge >= 0.3 is 0 Å². The van der Waals surface area contributed by atoms with E-state index in [9.17, 15) is 28.1 Å². The summed E-state index contributed by atoms with van der Waals surface area (Å²) < 4.78 is 28.9. The van der Waals surface area contributed by atoms with Crippen molar-refractivity contribution < 1.29 is 22.9 Å². The molecule has 240 valence electrons. The third-order valence-corrected chi connectivity index (χ3v) is 9.67. The lowest BCUT2D eigenvalue weighted by molar-refractivity contribution is -0.384. The lowest BCUT2D eigenvalue weighted by atomic mass is 10.0. The maximum atomic E-state index is 14.5. The van der Waals surface area contributed by atoms with Crippen LogP contribution in [0, 0.1) is 10.1 Å². The molecule has 0 saturated heterocycles. The van der Waals surface area contributed by atoms with Gasteiger partial charge in [-0.1, -0.05) is 91.3 Å². The van der Waals surface area contributed by atoms with Gasteiger partial charge in [-0.25, -0.2) is 8.42 Å². The van der Waals surface area contributed by atoms with E-state index >= 15 is 0 Å². The van der Waals surface area contributed by atoms with Crippen molar-refractivity contribution in [3.8, 4) is 0 Å². The zero-order chi connectivity index (χ0) is 33.3. The highest BCUT2D eigenvalue weighted by Crippen LogP contribution is 2.28. The van der Waals surface area contributed by atoms with Crippen LogP contribution in [0.5, 0.6) is 0 Å². The second-order valence-electron chi connectivity index (χ2n) is 10.7. The van der Waals surface area contributed by atoms with Gasteiger partial charge in [-0.2, -0.15) is 0 Å². The van der Waals surface area contributed by atoms with Crippen molar-refractivity contribution in [2.75, 3.05) is 10.8 Å². The van der Waals surface area contributed by atoms with Crippen LogP contribution in [-0.2, 0) is 32.6 Å². The van der Waals surface area contributed by atoms with Crippen LogP contribution < -0.4 is 9.62 Å². The number of nitrogens with zero attached hydrogens (tertiary/aromatic N) is 3. The zero-order valence-corrected chi connectivity index (χ0v) is 27.0. The number of carbonyl (C=O) groups excluding carboxylic acids is 2. The number of nitro groups is 1. The summed E-state index contributed by atoms with van der Waals surface area (Å²) in [5, 5.41) is 15.0. The monoisotopic (exact) mass is 662 g/mol. The van der Waals surface area contributed by atoms with Gasteiger partial charge in [-0.3, -0.25) is 24.0 Å². The minimum absolute atomic E-state index is 0.0761. The van der Waals surface area contributed by atoms with Crippen molar-refractivity contribution in [1.29, 1.82) is 0 Å². The largest absolute Gasteiger partial charge is 0.352 e. The van der Waals surface area contributed by atoms with E-state index in [0.717, 1.165) is 15.9 Å². The maximum absolute atomic E-state index is 14.5. The molecule has 0 fully saturated rings. The molecule has 4 aromatic rings. The Bertz CT molecular complexity index is 1770. The molecule has 0 radical (unpaired) electrons. The van der Waals surface area contributed by atoms with Crippen molar-refractivity contribution >= 4 is 44.8 Å². The van der Waals surface area contributed by atoms with Crippen molar-refractivity contribution in [2.45, 2.75) is 50.2 Å². The molecule has 1 N–H and O–H groups in total. The molecule has 0 heterocycles. The van der Waals surface area contributed by atoms with Crippen molar-refractivity contribution in [1.82, 2.24) is 10.2 Å². The molecule has 12 heteroatoms. The van der Waals surface area contributed by atoms with Gasteiger partial charge in [-0.15, -0.1) is 0 Å². The van der Waals surface area contributed by atoms with E-state index in [1.807, 2.05) is 44.2 Å². The van der Waals surface area contributed by atoms with E-state index in [1.54, 1.807) is 42.5 Å². The number of amides is 2. The quantitative estimate of drug-likeness (QED) is 0.130. The summed E-state index contributed by atoms with van der Waals surface area (Å²) >= 11 is 6.52. The van der Waals surface area contributed by atoms with Gasteiger partial charge in [0.1, 0.15) is 12.6 Å². The van der Waals surface area contributed by atoms with E-state index in [2.05, 4.69) is 5.32 Å². The molecule has 0 aromatic heterocycles. The fourth-order valence-electron chi connectivity index (χ4n) is 4.82. The molecule has 0 aliphatic heterocycles. The number of benzene rings is 4. The summed E-state index contributed by atoms with van der Waals surface area (Å²) in [6, 6.07) is 27.4. The molecule has 4 aromatic carbocycles. The van der Waals surface area contributed by atoms with Gasteiger partial charge in [0.25, 0.3) is 15.7 Å². The number of carbonyl (C=O) groups is 2. The number of halogens is 1. The highest BCUT2D eigenvalue weighted by molar-refractivity contribution is 7.92. The van der Waals surface area contributed by atoms with Crippen LogP contribution in [0.2, 0.25) is 5.02 Å². The van der Waals surface area contributed by atoms with Crippen LogP contribution in [0.25, 0.3) is 0 Å². The van der Waals surface area contributed by atoms with E-state index in [1.165, 1.54) is 35.2 Å². The summed E-state index contributed by atoms with van der Waals surface area (Å²) in [6.45, 7) is 2.94. The average Bonchev–Trinajstić information content (AvgIpc) is 3.06. The minimum atomic E-state index is -4.40. The predicted octanol–water partition coefficient (Wildman–Crippen LogP) is 6.00. The first-order valence-electron chi connectivity index (χ1n) is 14.7. The van der Waals surface area contributed by atoms with Crippen molar-refractivity contribution in [2.24, 2.45) is 0 Å².